The zero-order valence-corrected chi connectivity index (χ0v) is 12.4. The number of benzene rings is 1. The number of halogens is 1. The molecule has 1 heterocycles. The van der Waals surface area contributed by atoms with E-state index >= 15 is 0 Å². The molecule has 0 aromatic heterocycles. The summed E-state index contributed by atoms with van der Waals surface area (Å²) in [6.07, 6.45) is 1.94. The number of hydrogen-bond acceptors (Lipinski definition) is 3. The average Bonchev–Trinajstić information content (AvgIpc) is 2.40. The molecule has 0 atom stereocenters. The second kappa shape index (κ2) is 7.24. The monoisotopic (exact) mass is 313 g/mol. The lowest BCUT2D eigenvalue weighted by molar-refractivity contribution is -0.182. The van der Waals surface area contributed by atoms with Crippen LogP contribution in [0.4, 0.5) is 0 Å². The van der Waals surface area contributed by atoms with E-state index in [-0.39, 0.29) is 6.29 Å². The van der Waals surface area contributed by atoms with Gasteiger partial charge in [-0.2, -0.15) is 0 Å². The highest BCUT2D eigenvalue weighted by atomic mass is 79.9. The van der Waals surface area contributed by atoms with Crippen LogP contribution in [-0.2, 0) is 16.0 Å². The Morgan fingerprint density at radius 2 is 2.00 bits per heavy atom. The second-order valence-electron chi connectivity index (χ2n) is 4.64. The maximum absolute atomic E-state index is 5.54. The van der Waals surface area contributed by atoms with Crippen molar-refractivity contribution < 1.29 is 9.47 Å². The minimum atomic E-state index is -0.0135. The highest BCUT2D eigenvalue weighted by molar-refractivity contribution is 9.10. The van der Waals surface area contributed by atoms with Gasteiger partial charge in [-0.3, -0.25) is 0 Å². The molecule has 1 aromatic rings. The van der Waals surface area contributed by atoms with Crippen molar-refractivity contribution in [2.75, 3.05) is 26.8 Å². The van der Waals surface area contributed by atoms with Crippen LogP contribution < -0.4 is 0 Å². The van der Waals surface area contributed by atoms with Crippen LogP contribution in [0.5, 0.6) is 0 Å². The first kappa shape index (κ1) is 14.0. The van der Waals surface area contributed by atoms with Gasteiger partial charge in [0, 0.05) is 24.0 Å². The standard InChI is InChI=1S/C14H20BrNO2/c1-16(8-7-14-17-9-4-10-18-14)11-12-5-2-3-6-13(12)15/h2-3,5-6,14H,4,7-11H2,1H3. The molecule has 0 saturated carbocycles. The Morgan fingerprint density at radius 3 is 2.72 bits per heavy atom. The van der Waals surface area contributed by atoms with Crippen molar-refractivity contribution in [2.24, 2.45) is 0 Å². The van der Waals surface area contributed by atoms with E-state index in [0.717, 1.165) is 39.1 Å². The van der Waals surface area contributed by atoms with Crippen LogP contribution in [0.15, 0.2) is 28.7 Å². The molecule has 100 valence electrons. The molecular weight excluding hydrogens is 294 g/mol. The second-order valence-corrected chi connectivity index (χ2v) is 5.50. The highest BCUT2D eigenvalue weighted by Crippen LogP contribution is 2.17. The lowest BCUT2D eigenvalue weighted by Gasteiger charge is -2.25. The van der Waals surface area contributed by atoms with Crippen molar-refractivity contribution >= 4 is 15.9 Å². The lowest BCUT2D eigenvalue weighted by Crippen LogP contribution is -2.29. The van der Waals surface area contributed by atoms with Gasteiger partial charge in [-0.05, 0) is 25.1 Å². The molecule has 1 saturated heterocycles. The first-order valence-electron chi connectivity index (χ1n) is 6.41. The fraction of sp³-hybridized carbons (Fsp3) is 0.571. The van der Waals surface area contributed by atoms with Crippen molar-refractivity contribution in [1.29, 1.82) is 0 Å². The predicted molar refractivity (Wildman–Crippen MR) is 75.4 cm³/mol. The summed E-state index contributed by atoms with van der Waals surface area (Å²) >= 11 is 3.58. The number of ether oxygens (including phenoxy) is 2. The Hall–Kier alpha value is -0.420. The Morgan fingerprint density at radius 1 is 1.28 bits per heavy atom. The van der Waals surface area contributed by atoms with E-state index in [1.807, 2.05) is 6.07 Å². The molecule has 1 aliphatic rings. The predicted octanol–water partition coefficient (Wildman–Crippen LogP) is 3.03. The molecule has 0 aliphatic carbocycles. The zero-order valence-electron chi connectivity index (χ0n) is 10.8. The lowest BCUT2D eigenvalue weighted by atomic mass is 10.2. The van der Waals surface area contributed by atoms with E-state index in [2.05, 4.69) is 46.1 Å². The first-order valence-corrected chi connectivity index (χ1v) is 7.20. The molecule has 4 heteroatoms. The molecule has 1 aliphatic heterocycles. The summed E-state index contributed by atoms with van der Waals surface area (Å²) in [4.78, 5) is 2.29. The maximum Gasteiger partial charge on any atom is 0.158 e. The average molecular weight is 314 g/mol. The van der Waals surface area contributed by atoms with Crippen molar-refractivity contribution in [2.45, 2.75) is 25.7 Å². The van der Waals surface area contributed by atoms with Gasteiger partial charge in [-0.1, -0.05) is 34.1 Å². The summed E-state index contributed by atoms with van der Waals surface area (Å²) < 4.78 is 12.3. The Labute approximate surface area is 117 Å². The molecule has 0 bridgehead atoms. The SMILES string of the molecule is CN(CCC1OCCCO1)Cc1ccccc1Br. The van der Waals surface area contributed by atoms with Crippen molar-refractivity contribution in [3.8, 4) is 0 Å². The van der Waals surface area contributed by atoms with Gasteiger partial charge in [0.25, 0.3) is 0 Å². The van der Waals surface area contributed by atoms with E-state index < -0.39 is 0 Å². The molecule has 0 N–H and O–H groups in total. The number of nitrogens with zero attached hydrogens (tertiary/aromatic N) is 1. The minimum Gasteiger partial charge on any atom is -0.353 e. The minimum absolute atomic E-state index is 0.0135. The smallest absolute Gasteiger partial charge is 0.158 e. The molecule has 0 spiro atoms. The van der Waals surface area contributed by atoms with Crippen LogP contribution in [0.1, 0.15) is 18.4 Å². The molecular formula is C14H20BrNO2. The molecule has 1 aromatic carbocycles. The third kappa shape index (κ3) is 4.35. The molecule has 0 unspecified atom stereocenters. The van der Waals surface area contributed by atoms with E-state index in [4.69, 9.17) is 9.47 Å². The Kier molecular flexibility index (Phi) is 5.63. The summed E-state index contributed by atoms with van der Waals surface area (Å²) in [5.41, 5.74) is 1.31. The summed E-state index contributed by atoms with van der Waals surface area (Å²) in [5, 5.41) is 0. The van der Waals surface area contributed by atoms with Gasteiger partial charge in [-0.15, -0.1) is 0 Å². The van der Waals surface area contributed by atoms with Gasteiger partial charge in [0.05, 0.1) is 13.2 Å². The fourth-order valence-electron chi connectivity index (χ4n) is 2.03. The van der Waals surface area contributed by atoms with Crippen LogP contribution in [0.25, 0.3) is 0 Å². The van der Waals surface area contributed by atoms with Gasteiger partial charge < -0.3 is 14.4 Å². The third-order valence-corrected chi connectivity index (χ3v) is 3.81. The first-order chi connectivity index (χ1) is 8.75. The van der Waals surface area contributed by atoms with Gasteiger partial charge in [0.1, 0.15) is 0 Å². The largest absolute Gasteiger partial charge is 0.353 e. The topological polar surface area (TPSA) is 21.7 Å². The third-order valence-electron chi connectivity index (χ3n) is 3.04. The summed E-state index contributed by atoms with van der Waals surface area (Å²) in [6.45, 7) is 3.58. The molecule has 0 amide bonds. The summed E-state index contributed by atoms with van der Waals surface area (Å²) in [7, 11) is 2.13. The van der Waals surface area contributed by atoms with E-state index in [9.17, 15) is 0 Å². The number of hydrogen-bond donors (Lipinski definition) is 0. The maximum atomic E-state index is 5.54. The van der Waals surface area contributed by atoms with Crippen molar-refractivity contribution in [1.82, 2.24) is 4.90 Å². The van der Waals surface area contributed by atoms with E-state index in [1.165, 1.54) is 10.0 Å². The quantitative estimate of drug-likeness (QED) is 0.834. The Balaban J connectivity index is 1.74. The molecule has 3 nitrogen and oxygen atoms in total. The molecule has 0 radical (unpaired) electrons. The van der Waals surface area contributed by atoms with Crippen molar-refractivity contribution in [3.63, 3.8) is 0 Å². The van der Waals surface area contributed by atoms with Gasteiger partial charge >= 0.3 is 0 Å². The van der Waals surface area contributed by atoms with Crippen LogP contribution in [0, 0.1) is 0 Å². The van der Waals surface area contributed by atoms with Crippen LogP contribution in [0.2, 0.25) is 0 Å². The zero-order chi connectivity index (χ0) is 12.8. The Bertz CT molecular complexity index is 367. The number of rotatable bonds is 5. The van der Waals surface area contributed by atoms with Gasteiger partial charge in [0.15, 0.2) is 6.29 Å². The normalized spacial score (nSPS) is 17.3. The fourth-order valence-corrected chi connectivity index (χ4v) is 2.44. The molecule has 2 rings (SSSR count). The van der Waals surface area contributed by atoms with E-state index in [1.54, 1.807) is 0 Å². The van der Waals surface area contributed by atoms with Crippen molar-refractivity contribution in [3.05, 3.63) is 34.3 Å². The van der Waals surface area contributed by atoms with Gasteiger partial charge in [-0.25, -0.2) is 0 Å². The molecule has 18 heavy (non-hydrogen) atoms. The van der Waals surface area contributed by atoms with Gasteiger partial charge in [0.2, 0.25) is 0 Å². The highest BCUT2D eigenvalue weighted by Gasteiger charge is 2.14. The van der Waals surface area contributed by atoms with E-state index in [0.29, 0.717) is 0 Å². The van der Waals surface area contributed by atoms with Crippen LogP contribution >= 0.6 is 15.9 Å². The summed E-state index contributed by atoms with van der Waals surface area (Å²) in [5.74, 6) is 0. The summed E-state index contributed by atoms with van der Waals surface area (Å²) in [6, 6.07) is 8.34. The van der Waals surface area contributed by atoms with Crippen LogP contribution in [-0.4, -0.2) is 38.0 Å². The van der Waals surface area contributed by atoms with Crippen LogP contribution in [0.3, 0.4) is 0 Å². The molecule has 1 fully saturated rings.